The maximum absolute atomic E-state index is 2.52. The highest BCUT2D eigenvalue weighted by Gasteiger charge is 2.29. The summed E-state index contributed by atoms with van der Waals surface area (Å²) in [5.41, 5.74) is 0. The van der Waals surface area contributed by atoms with Crippen LogP contribution in [0.25, 0.3) is 0 Å². The second-order valence-corrected chi connectivity index (χ2v) is 7.08. The summed E-state index contributed by atoms with van der Waals surface area (Å²) in [5.74, 6) is 3.14. The number of hydrogen-bond donors (Lipinski definition) is 0. The maximum Gasteiger partial charge on any atom is -0.0351 e. The fourth-order valence-electron chi connectivity index (χ4n) is 4.37. The van der Waals surface area contributed by atoms with Gasteiger partial charge in [0.1, 0.15) is 0 Å². The van der Waals surface area contributed by atoms with Crippen molar-refractivity contribution >= 4 is 0 Å². The van der Waals surface area contributed by atoms with Crippen molar-refractivity contribution in [3.63, 3.8) is 0 Å². The Morgan fingerprint density at radius 3 is 1.95 bits per heavy atom. The molecule has 0 radical (unpaired) electrons. The van der Waals surface area contributed by atoms with Gasteiger partial charge in [-0.3, -0.25) is 0 Å². The number of rotatable bonds is 1. The van der Waals surface area contributed by atoms with E-state index in [4.69, 9.17) is 0 Å². The van der Waals surface area contributed by atoms with Crippen molar-refractivity contribution in [2.24, 2.45) is 17.8 Å². The van der Waals surface area contributed by atoms with E-state index < -0.39 is 0 Å². The van der Waals surface area contributed by atoms with E-state index in [0.29, 0.717) is 0 Å². The Balaban J connectivity index is 1.83. The molecular formula is C19H34. The normalized spacial score (nSPS) is 37.0. The lowest BCUT2D eigenvalue weighted by atomic mass is 9.79. The van der Waals surface area contributed by atoms with Gasteiger partial charge < -0.3 is 0 Å². The molecule has 0 aromatic rings. The molecule has 0 saturated heterocycles. The van der Waals surface area contributed by atoms with Crippen LogP contribution in [-0.2, 0) is 0 Å². The van der Waals surface area contributed by atoms with Crippen molar-refractivity contribution in [3.05, 3.63) is 12.2 Å². The minimum Gasteiger partial charge on any atom is -0.0885 e. The predicted octanol–water partition coefficient (Wildman–Crippen LogP) is 6.51. The summed E-state index contributed by atoms with van der Waals surface area (Å²) in [4.78, 5) is 0. The zero-order valence-corrected chi connectivity index (χ0v) is 13.1. The summed E-state index contributed by atoms with van der Waals surface area (Å²) in [6.45, 7) is 2.52. The average molecular weight is 262 g/mol. The zero-order chi connectivity index (χ0) is 13.3. The highest BCUT2D eigenvalue weighted by molar-refractivity contribution is 4.83. The molecule has 0 aromatic carbocycles. The molecule has 0 nitrogen and oxygen atoms in total. The molecule has 1 saturated carbocycles. The second kappa shape index (κ2) is 8.82. The van der Waals surface area contributed by atoms with E-state index in [1.807, 2.05) is 0 Å². The Labute approximate surface area is 121 Å². The lowest BCUT2D eigenvalue weighted by Crippen LogP contribution is -2.17. The third-order valence-electron chi connectivity index (χ3n) is 5.59. The molecule has 2 aliphatic carbocycles. The zero-order valence-electron chi connectivity index (χ0n) is 13.1. The minimum atomic E-state index is 1.01. The fourth-order valence-corrected chi connectivity index (χ4v) is 4.37. The van der Waals surface area contributed by atoms with Crippen molar-refractivity contribution in [1.82, 2.24) is 0 Å². The summed E-state index contributed by atoms with van der Waals surface area (Å²) in [7, 11) is 0. The van der Waals surface area contributed by atoms with Crippen LogP contribution < -0.4 is 0 Å². The van der Waals surface area contributed by atoms with Crippen molar-refractivity contribution in [3.8, 4) is 0 Å². The summed E-state index contributed by atoms with van der Waals surface area (Å²) in [5, 5.41) is 0. The minimum absolute atomic E-state index is 1.01. The number of hydrogen-bond acceptors (Lipinski definition) is 0. The van der Waals surface area contributed by atoms with Gasteiger partial charge in [-0.25, -0.2) is 0 Å². The molecule has 0 amide bonds. The average Bonchev–Trinajstić information content (AvgIpc) is 2.84. The highest BCUT2D eigenvalue weighted by Crippen LogP contribution is 2.41. The molecule has 0 heterocycles. The summed E-state index contributed by atoms with van der Waals surface area (Å²) in [6.07, 6.45) is 23.8. The van der Waals surface area contributed by atoms with Crippen LogP contribution >= 0.6 is 0 Å². The van der Waals surface area contributed by atoms with Crippen molar-refractivity contribution in [2.75, 3.05) is 0 Å². The van der Waals surface area contributed by atoms with Gasteiger partial charge in [0.2, 0.25) is 0 Å². The smallest absolute Gasteiger partial charge is 0.0351 e. The molecule has 1 fully saturated rings. The molecule has 2 unspecified atom stereocenters. The van der Waals surface area contributed by atoms with Crippen LogP contribution in [0.5, 0.6) is 0 Å². The lowest BCUT2D eigenvalue weighted by Gasteiger charge is -2.27. The van der Waals surface area contributed by atoms with Crippen LogP contribution in [0.3, 0.4) is 0 Å². The van der Waals surface area contributed by atoms with Gasteiger partial charge >= 0.3 is 0 Å². The van der Waals surface area contributed by atoms with E-state index in [0.717, 1.165) is 17.8 Å². The van der Waals surface area contributed by atoms with Crippen LogP contribution in [0, 0.1) is 17.8 Å². The third-order valence-corrected chi connectivity index (χ3v) is 5.59. The Hall–Kier alpha value is -0.260. The molecule has 0 bridgehead atoms. The molecule has 3 atom stereocenters. The Morgan fingerprint density at radius 1 is 0.632 bits per heavy atom. The summed E-state index contributed by atoms with van der Waals surface area (Å²) in [6, 6.07) is 0. The first-order valence-corrected chi connectivity index (χ1v) is 9.03. The highest BCUT2D eigenvalue weighted by atomic mass is 14.3. The van der Waals surface area contributed by atoms with Crippen LogP contribution in [0.1, 0.15) is 90.4 Å². The SMILES string of the molecule is C[C@@H]1CCCC1C1CCCC/C=C\CCCCCC1. The van der Waals surface area contributed by atoms with E-state index in [2.05, 4.69) is 19.1 Å². The Morgan fingerprint density at radius 2 is 1.26 bits per heavy atom. The van der Waals surface area contributed by atoms with Gasteiger partial charge in [0.25, 0.3) is 0 Å². The van der Waals surface area contributed by atoms with Gasteiger partial charge in [0.05, 0.1) is 0 Å². The van der Waals surface area contributed by atoms with E-state index in [1.165, 1.54) is 83.5 Å². The van der Waals surface area contributed by atoms with Gasteiger partial charge in [-0.15, -0.1) is 0 Å². The largest absolute Gasteiger partial charge is 0.0885 e. The standard InChI is InChI=1S/C19H34/c1-17-13-12-16-19(17)18-14-10-8-6-4-2-3-5-7-9-11-15-18/h2,4,17-19H,3,5-16H2,1H3/b4-2-/t17-,18?,19?/m1/s1. The van der Waals surface area contributed by atoms with E-state index in [1.54, 1.807) is 0 Å². The Kier molecular flexibility index (Phi) is 7.03. The molecule has 0 N–H and O–H groups in total. The Bertz CT molecular complexity index is 253. The van der Waals surface area contributed by atoms with E-state index in [9.17, 15) is 0 Å². The van der Waals surface area contributed by atoms with Crippen LogP contribution in [0.15, 0.2) is 12.2 Å². The van der Waals surface area contributed by atoms with Crippen molar-refractivity contribution in [2.45, 2.75) is 90.4 Å². The molecule has 0 aromatic heterocycles. The molecule has 110 valence electrons. The monoisotopic (exact) mass is 262 g/mol. The number of allylic oxidation sites excluding steroid dienone is 2. The quantitative estimate of drug-likeness (QED) is 0.472. The predicted molar refractivity (Wildman–Crippen MR) is 85.3 cm³/mol. The fraction of sp³-hybridized carbons (Fsp3) is 0.895. The van der Waals surface area contributed by atoms with Crippen molar-refractivity contribution in [1.29, 1.82) is 0 Å². The molecule has 19 heavy (non-hydrogen) atoms. The van der Waals surface area contributed by atoms with Gasteiger partial charge in [-0.1, -0.05) is 70.4 Å². The molecule has 2 rings (SSSR count). The summed E-state index contributed by atoms with van der Waals surface area (Å²) < 4.78 is 0. The first-order valence-electron chi connectivity index (χ1n) is 9.03. The van der Waals surface area contributed by atoms with Gasteiger partial charge in [-0.05, 0) is 49.9 Å². The van der Waals surface area contributed by atoms with Crippen LogP contribution in [-0.4, -0.2) is 0 Å². The maximum atomic E-state index is 2.52. The van der Waals surface area contributed by atoms with Gasteiger partial charge in [0, 0.05) is 0 Å². The van der Waals surface area contributed by atoms with Gasteiger partial charge in [0.15, 0.2) is 0 Å². The molecule has 0 aliphatic heterocycles. The second-order valence-electron chi connectivity index (χ2n) is 7.08. The first kappa shape index (κ1) is 15.1. The molecule has 2 aliphatic rings. The van der Waals surface area contributed by atoms with Gasteiger partial charge in [-0.2, -0.15) is 0 Å². The van der Waals surface area contributed by atoms with E-state index >= 15 is 0 Å². The van der Waals surface area contributed by atoms with Crippen molar-refractivity contribution < 1.29 is 0 Å². The third kappa shape index (κ3) is 5.32. The topological polar surface area (TPSA) is 0 Å². The molecule has 0 spiro atoms. The van der Waals surface area contributed by atoms with Crippen LogP contribution in [0.4, 0.5) is 0 Å². The van der Waals surface area contributed by atoms with Crippen LogP contribution in [0.2, 0.25) is 0 Å². The first-order chi connectivity index (χ1) is 9.38. The van der Waals surface area contributed by atoms with E-state index in [-0.39, 0.29) is 0 Å². The lowest BCUT2D eigenvalue weighted by molar-refractivity contribution is 0.234. The summed E-state index contributed by atoms with van der Waals surface area (Å²) >= 11 is 0. The molecule has 0 heteroatoms. The molecular weight excluding hydrogens is 228 g/mol.